The lowest BCUT2D eigenvalue weighted by Crippen LogP contribution is -2.32. The molecule has 2 aromatic rings. The number of nitrogens with zero attached hydrogens (tertiary/aromatic N) is 1. The highest BCUT2D eigenvalue weighted by Crippen LogP contribution is 2.39. The number of furan rings is 1. The average Bonchev–Trinajstić information content (AvgIpc) is 2.93. The van der Waals surface area contributed by atoms with Crippen molar-refractivity contribution in [3.05, 3.63) is 46.7 Å². The van der Waals surface area contributed by atoms with Crippen LogP contribution in [0.5, 0.6) is 5.75 Å². The van der Waals surface area contributed by atoms with Crippen LogP contribution in [0.4, 0.5) is 0 Å². The fourth-order valence-electron chi connectivity index (χ4n) is 3.33. The molecule has 2 heterocycles. The SMILES string of the molecule is COc1c(C)cnc(CC2(O)CCCc3occc32)c1C. The minimum Gasteiger partial charge on any atom is -0.496 e. The molecule has 0 spiro atoms. The Morgan fingerprint density at radius 3 is 3.00 bits per heavy atom. The monoisotopic (exact) mass is 287 g/mol. The van der Waals surface area contributed by atoms with Crippen molar-refractivity contribution in [3.63, 3.8) is 0 Å². The number of aliphatic hydroxyl groups is 1. The molecule has 0 aliphatic heterocycles. The molecule has 0 radical (unpaired) electrons. The molecular formula is C17H21NO3. The quantitative estimate of drug-likeness (QED) is 0.942. The highest BCUT2D eigenvalue weighted by atomic mass is 16.5. The second-order valence-corrected chi connectivity index (χ2v) is 5.87. The van der Waals surface area contributed by atoms with E-state index in [0.29, 0.717) is 6.42 Å². The minimum atomic E-state index is -0.890. The number of aryl methyl sites for hydroxylation is 2. The Bertz CT molecular complexity index is 662. The molecule has 1 aliphatic carbocycles. The topological polar surface area (TPSA) is 55.5 Å². The first-order valence-electron chi connectivity index (χ1n) is 7.33. The van der Waals surface area contributed by atoms with Crippen LogP contribution in [-0.4, -0.2) is 17.2 Å². The first-order valence-corrected chi connectivity index (χ1v) is 7.33. The highest BCUT2D eigenvalue weighted by Gasteiger charge is 2.37. The summed E-state index contributed by atoms with van der Waals surface area (Å²) in [5, 5.41) is 11.1. The molecule has 1 atom stereocenters. The van der Waals surface area contributed by atoms with Gasteiger partial charge in [0.15, 0.2) is 0 Å². The van der Waals surface area contributed by atoms with E-state index < -0.39 is 5.60 Å². The van der Waals surface area contributed by atoms with Crippen LogP contribution in [0.1, 0.15) is 41.0 Å². The number of pyridine rings is 1. The van der Waals surface area contributed by atoms with Gasteiger partial charge < -0.3 is 14.3 Å². The smallest absolute Gasteiger partial charge is 0.128 e. The van der Waals surface area contributed by atoms with Crippen LogP contribution in [0.25, 0.3) is 0 Å². The summed E-state index contributed by atoms with van der Waals surface area (Å²) >= 11 is 0. The minimum absolute atomic E-state index is 0.488. The van der Waals surface area contributed by atoms with E-state index in [1.54, 1.807) is 13.4 Å². The van der Waals surface area contributed by atoms with Gasteiger partial charge in [0.2, 0.25) is 0 Å². The Balaban J connectivity index is 1.98. The van der Waals surface area contributed by atoms with Gasteiger partial charge in [-0.3, -0.25) is 4.98 Å². The van der Waals surface area contributed by atoms with Crippen LogP contribution in [0.15, 0.2) is 22.9 Å². The molecule has 0 saturated heterocycles. The van der Waals surface area contributed by atoms with E-state index >= 15 is 0 Å². The lowest BCUT2D eigenvalue weighted by atomic mass is 9.79. The predicted octanol–water partition coefficient (Wildman–Crippen LogP) is 3.07. The zero-order valence-electron chi connectivity index (χ0n) is 12.8. The average molecular weight is 287 g/mol. The number of ether oxygens (including phenoxy) is 1. The summed E-state index contributed by atoms with van der Waals surface area (Å²) in [4.78, 5) is 4.51. The van der Waals surface area contributed by atoms with Crippen molar-refractivity contribution in [2.75, 3.05) is 7.11 Å². The van der Waals surface area contributed by atoms with Gasteiger partial charge in [0, 0.05) is 35.7 Å². The predicted molar refractivity (Wildman–Crippen MR) is 79.5 cm³/mol. The van der Waals surface area contributed by atoms with Crippen LogP contribution in [-0.2, 0) is 18.4 Å². The standard InChI is InChI=1S/C17H21NO3/c1-11-10-18-14(12(2)16(11)20-3)9-17(19)7-4-5-15-13(17)6-8-21-15/h6,8,10,19H,4-5,7,9H2,1-3H3. The van der Waals surface area contributed by atoms with E-state index in [1.807, 2.05) is 26.1 Å². The number of rotatable bonds is 3. The van der Waals surface area contributed by atoms with Crippen molar-refractivity contribution >= 4 is 0 Å². The molecule has 21 heavy (non-hydrogen) atoms. The second-order valence-electron chi connectivity index (χ2n) is 5.87. The molecule has 4 heteroatoms. The van der Waals surface area contributed by atoms with Crippen molar-refractivity contribution < 1.29 is 14.3 Å². The maximum atomic E-state index is 11.1. The third-order valence-corrected chi connectivity index (χ3v) is 4.45. The third kappa shape index (κ3) is 2.33. The second kappa shape index (κ2) is 5.19. The number of aromatic nitrogens is 1. The normalized spacial score (nSPS) is 21.1. The Morgan fingerprint density at radius 2 is 2.24 bits per heavy atom. The van der Waals surface area contributed by atoms with E-state index in [4.69, 9.17) is 9.15 Å². The molecule has 0 bridgehead atoms. The van der Waals surface area contributed by atoms with E-state index in [9.17, 15) is 5.11 Å². The molecule has 0 aromatic carbocycles. The first-order chi connectivity index (χ1) is 10.0. The Morgan fingerprint density at radius 1 is 1.43 bits per heavy atom. The van der Waals surface area contributed by atoms with Gasteiger partial charge in [-0.15, -0.1) is 0 Å². The Labute approximate surface area is 124 Å². The van der Waals surface area contributed by atoms with Gasteiger partial charge in [-0.1, -0.05) is 0 Å². The molecule has 1 N–H and O–H groups in total. The molecule has 0 amide bonds. The number of methoxy groups -OCH3 is 1. The maximum Gasteiger partial charge on any atom is 0.128 e. The van der Waals surface area contributed by atoms with Crippen molar-refractivity contribution in [1.29, 1.82) is 0 Å². The molecule has 4 nitrogen and oxygen atoms in total. The van der Waals surface area contributed by atoms with E-state index in [-0.39, 0.29) is 0 Å². The summed E-state index contributed by atoms with van der Waals surface area (Å²) in [5.74, 6) is 1.76. The Hall–Kier alpha value is -1.81. The van der Waals surface area contributed by atoms with Gasteiger partial charge in [0.25, 0.3) is 0 Å². The first kappa shape index (κ1) is 14.1. The van der Waals surface area contributed by atoms with Crippen LogP contribution in [0, 0.1) is 13.8 Å². The van der Waals surface area contributed by atoms with Crippen molar-refractivity contribution in [3.8, 4) is 5.75 Å². The largest absolute Gasteiger partial charge is 0.496 e. The molecular weight excluding hydrogens is 266 g/mol. The van der Waals surface area contributed by atoms with Gasteiger partial charge >= 0.3 is 0 Å². The lowest BCUT2D eigenvalue weighted by molar-refractivity contribution is 0.0157. The van der Waals surface area contributed by atoms with Gasteiger partial charge in [-0.05, 0) is 32.8 Å². The highest BCUT2D eigenvalue weighted by molar-refractivity contribution is 5.42. The number of hydrogen-bond donors (Lipinski definition) is 1. The summed E-state index contributed by atoms with van der Waals surface area (Å²) in [7, 11) is 1.67. The third-order valence-electron chi connectivity index (χ3n) is 4.45. The van der Waals surface area contributed by atoms with Gasteiger partial charge in [-0.25, -0.2) is 0 Å². The molecule has 1 unspecified atom stereocenters. The van der Waals surface area contributed by atoms with Gasteiger partial charge in [0.05, 0.1) is 24.7 Å². The van der Waals surface area contributed by atoms with Gasteiger partial charge in [0.1, 0.15) is 11.5 Å². The summed E-state index contributed by atoms with van der Waals surface area (Å²) in [6, 6.07) is 1.88. The summed E-state index contributed by atoms with van der Waals surface area (Å²) < 4.78 is 10.9. The molecule has 2 aromatic heterocycles. The summed E-state index contributed by atoms with van der Waals surface area (Å²) in [6.07, 6.45) is 6.52. The number of fused-ring (bicyclic) bond motifs is 1. The molecule has 3 rings (SSSR count). The van der Waals surface area contributed by atoms with Crippen LogP contribution < -0.4 is 4.74 Å². The van der Waals surface area contributed by atoms with Crippen LogP contribution >= 0.6 is 0 Å². The van der Waals surface area contributed by atoms with E-state index in [1.165, 1.54) is 0 Å². The van der Waals surface area contributed by atoms with Crippen molar-refractivity contribution in [1.82, 2.24) is 4.98 Å². The fourth-order valence-corrected chi connectivity index (χ4v) is 3.33. The van der Waals surface area contributed by atoms with Crippen LogP contribution in [0.2, 0.25) is 0 Å². The van der Waals surface area contributed by atoms with Crippen LogP contribution in [0.3, 0.4) is 0 Å². The summed E-state index contributed by atoms with van der Waals surface area (Å²) in [6.45, 7) is 3.97. The van der Waals surface area contributed by atoms with E-state index in [0.717, 1.165) is 53.2 Å². The van der Waals surface area contributed by atoms with Crippen molar-refractivity contribution in [2.24, 2.45) is 0 Å². The Kier molecular flexibility index (Phi) is 3.49. The van der Waals surface area contributed by atoms with Gasteiger partial charge in [-0.2, -0.15) is 0 Å². The molecule has 0 fully saturated rings. The van der Waals surface area contributed by atoms with E-state index in [2.05, 4.69) is 4.98 Å². The molecule has 1 aliphatic rings. The van der Waals surface area contributed by atoms with Crippen molar-refractivity contribution in [2.45, 2.75) is 45.1 Å². The molecule has 112 valence electrons. The molecule has 0 saturated carbocycles. The lowest BCUT2D eigenvalue weighted by Gasteiger charge is -2.32. The number of hydrogen-bond acceptors (Lipinski definition) is 4. The zero-order valence-corrected chi connectivity index (χ0v) is 12.8. The zero-order chi connectivity index (χ0) is 15.0. The maximum absolute atomic E-state index is 11.1. The fraction of sp³-hybridized carbons (Fsp3) is 0.471. The summed E-state index contributed by atoms with van der Waals surface area (Å²) in [5.41, 5.74) is 2.92.